The van der Waals surface area contributed by atoms with Crippen LogP contribution in [0.15, 0.2) is 60.7 Å². The molecule has 104 valence electrons. The zero-order valence-electron chi connectivity index (χ0n) is 12.1. The number of esters is 1. The molecule has 0 aliphatic carbocycles. The van der Waals surface area contributed by atoms with Crippen molar-refractivity contribution in [2.24, 2.45) is 0 Å². The van der Waals surface area contributed by atoms with E-state index in [1.54, 1.807) is 6.07 Å². The average Bonchev–Trinajstić information content (AvgIpc) is 2.50. The van der Waals surface area contributed by atoms with Crippen LogP contribution in [0.4, 0.5) is 0 Å². The molecule has 2 heteroatoms. The molecule has 0 aromatic heterocycles. The number of aryl methyl sites for hydroxylation is 2. The van der Waals surface area contributed by atoms with Gasteiger partial charge < -0.3 is 4.74 Å². The van der Waals surface area contributed by atoms with E-state index < -0.39 is 0 Å². The molecule has 21 heavy (non-hydrogen) atoms. The third-order valence-electron chi connectivity index (χ3n) is 3.67. The molecule has 0 N–H and O–H groups in total. The topological polar surface area (TPSA) is 26.3 Å². The highest BCUT2D eigenvalue weighted by Gasteiger charge is 2.09. The van der Waals surface area contributed by atoms with E-state index in [0.29, 0.717) is 11.3 Å². The van der Waals surface area contributed by atoms with Gasteiger partial charge >= 0.3 is 5.97 Å². The van der Waals surface area contributed by atoms with Crippen LogP contribution in [0.5, 0.6) is 5.75 Å². The van der Waals surface area contributed by atoms with Crippen molar-refractivity contribution in [1.82, 2.24) is 0 Å². The molecule has 0 aliphatic heterocycles. The fraction of sp³-hybridized carbons (Fsp3) is 0.105. The van der Waals surface area contributed by atoms with Crippen LogP contribution in [0.1, 0.15) is 21.5 Å². The smallest absolute Gasteiger partial charge is 0.343 e. The van der Waals surface area contributed by atoms with Crippen molar-refractivity contribution in [2.45, 2.75) is 13.8 Å². The monoisotopic (exact) mass is 276 g/mol. The van der Waals surface area contributed by atoms with Gasteiger partial charge in [0, 0.05) is 0 Å². The van der Waals surface area contributed by atoms with E-state index in [9.17, 15) is 4.79 Å². The number of benzene rings is 3. The highest BCUT2D eigenvalue weighted by Crippen LogP contribution is 2.21. The molecule has 0 amide bonds. The zero-order valence-corrected chi connectivity index (χ0v) is 12.1. The van der Waals surface area contributed by atoms with Crippen molar-refractivity contribution < 1.29 is 9.53 Å². The number of carbonyl (C=O) groups excluding carboxylic acids is 1. The number of rotatable bonds is 2. The van der Waals surface area contributed by atoms with Gasteiger partial charge in [0.2, 0.25) is 0 Å². The Bertz CT molecular complexity index is 819. The third kappa shape index (κ3) is 2.79. The van der Waals surface area contributed by atoms with Crippen molar-refractivity contribution in [3.05, 3.63) is 77.4 Å². The lowest BCUT2D eigenvalue weighted by Crippen LogP contribution is -2.08. The summed E-state index contributed by atoms with van der Waals surface area (Å²) in [5.74, 6) is 0.241. The number of hydrogen-bond donors (Lipinski definition) is 0. The number of hydrogen-bond acceptors (Lipinski definition) is 2. The third-order valence-corrected chi connectivity index (χ3v) is 3.67. The molecule has 0 bridgehead atoms. The Labute approximate surface area is 124 Å². The van der Waals surface area contributed by atoms with Gasteiger partial charge in [0.1, 0.15) is 5.75 Å². The van der Waals surface area contributed by atoms with E-state index >= 15 is 0 Å². The van der Waals surface area contributed by atoms with Crippen LogP contribution >= 0.6 is 0 Å². The first-order valence-electron chi connectivity index (χ1n) is 6.92. The second-order valence-corrected chi connectivity index (χ2v) is 5.20. The van der Waals surface area contributed by atoms with Crippen molar-refractivity contribution >= 4 is 16.7 Å². The zero-order chi connectivity index (χ0) is 14.8. The standard InChI is InChI=1S/C19H16O2/c1-13-7-8-17(11-14(13)2)19(20)21-18-10-9-15-5-3-4-6-16(15)12-18/h3-12H,1-2H3. The number of carbonyl (C=O) groups is 1. The molecule has 0 spiro atoms. The molecule has 0 radical (unpaired) electrons. The quantitative estimate of drug-likeness (QED) is 0.502. The number of fused-ring (bicyclic) bond motifs is 1. The van der Waals surface area contributed by atoms with Gasteiger partial charge in [-0.05, 0) is 60.0 Å². The van der Waals surface area contributed by atoms with Gasteiger partial charge in [-0.3, -0.25) is 0 Å². The summed E-state index contributed by atoms with van der Waals surface area (Å²) in [5.41, 5.74) is 2.83. The van der Waals surface area contributed by atoms with Gasteiger partial charge in [-0.25, -0.2) is 4.79 Å². The van der Waals surface area contributed by atoms with Gasteiger partial charge in [0.15, 0.2) is 0 Å². The van der Waals surface area contributed by atoms with Crippen molar-refractivity contribution in [3.8, 4) is 5.75 Å². The maximum Gasteiger partial charge on any atom is 0.343 e. The lowest BCUT2D eigenvalue weighted by atomic mass is 10.1. The molecule has 2 nitrogen and oxygen atoms in total. The molecular formula is C19H16O2. The van der Waals surface area contributed by atoms with Gasteiger partial charge in [-0.15, -0.1) is 0 Å². The maximum atomic E-state index is 12.2. The molecule has 0 fully saturated rings. The Balaban J connectivity index is 1.87. The fourth-order valence-corrected chi connectivity index (χ4v) is 2.27. The second-order valence-electron chi connectivity index (χ2n) is 5.20. The lowest BCUT2D eigenvalue weighted by molar-refractivity contribution is 0.0735. The Morgan fingerprint density at radius 1 is 0.810 bits per heavy atom. The van der Waals surface area contributed by atoms with Crippen LogP contribution in [0.3, 0.4) is 0 Å². The average molecular weight is 276 g/mol. The molecular weight excluding hydrogens is 260 g/mol. The molecule has 3 aromatic rings. The van der Waals surface area contributed by atoms with E-state index in [4.69, 9.17) is 4.74 Å². The SMILES string of the molecule is Cc1ccc(C(=O)Oc2ccc3ccccc3c2)cc1C. The van der Waals surface area contributed by atoms with Gasteiger partial charge in [0.25, 0.3) is 0 Å². The van der Waals surface area contributed by atoms with E-state index in [0.717, 1.165) is 21.9 Å². The highest BCUT2D eigenvalue weighted by molar-refractivity contribution is 5.92. The Kier molecular flexibility index (Phi) is 3.44. The van der Waals surface area contributed by atoms with Crippen LogP contribution in [0.25, 0.3) is 10.8 Å². The van der Waals surface area contributed by atoms with Crippen LogP contribution in [0, 0.1) is 13.8 Å². The highest BCUT2D eigenvalue weighted by atomic mass is 16.5. The summed E-state index contributed by atoms with van der Waals surface area (Å²) >= 11 is 0. The van der Waals surface area contributed by atoms with Crippen LogP contribution in [0.2, 0.25) is 0 Å². The first kappa shape index (κ1) is 13.4. The Morgan fingerprint density at radius 2 is 1.57 bits per heavy atom. The van der Waals surface area contributed by atoms with Gasteiger partial charge in [0.05, 0.1) is 5.56 Å². The predicted molar refractivity (Wildman–Crippen MR) is 84.8 cm³/mol. The number of ether oxygens (including phenoxy) is 1. The van der Waals surface area contributed by atoms with Crippen molar-refractivity contribution in [2.75, 3.05) is 0 Å². The minimum atomic E-state index is -0.326. The molecule has 0 saturated carbocycles. The molecule has 3 rings (SSSR count). The van der Waals surface area contributed by atoms with E-state index in [2.05, 4.69) is 0 Å². The van der Waals surface area contributed by atoms with E-state index in [1.807, 2.05) is 68.4 Å². The predicted octanol–water partition coefficient (Wildman–Crippen LogP) is 4.68. The van der Waals surface area contributed by atoms with Crippen LogP contribution in [-0.2, 0) is 0 Å². The summed E-state index contributed by atoms with van der Waals surface area (Å²) in [7, 11) is 0. The molecule has 0 aliphatic rings. The summed E-state index contributed by atoms with van der Waals surface area (Å²) in [6.45, 7) is 4.01. The lowest BCUT2D eigenvalue weighted by Gasteiger charge is -2.07. The second kappa shape index (κ2) is 5.41. The first-order chi connectivity index (χ1) is 10.1. The van der Waals surface area contributed by atoms with Gasteiger partial charge in [-0.2, -0.15) is 0 Å². The van der Waals surface area contributed by atoms with Crippen LogP contribution in [-0.4, -0.2) is 5.97 Å². The van der Waals surface area contributed by atoms with E-state index in [1.165, 1.54) is 0 Å². The van der Waals surface area contributed by atoms with Gasteiger partial charge in [-0.1, -0.05) is 36.4 Å². The van der Waals surface area contributed by atoms with E-state index in [-0.39, 0.29) is 5.97 Å². The normalized spacial score (nSPS) is 10.6. The van der Waals surface area contributed by atoms with Crippen molar-refractivity contribution in [1.29, 1.82) is 0 Å². The summed E-state index contributed by atoms with van der Waals surface area (Å²) in [6, 6.07) is 19.2. The summed E-state index contributed by atoms with van der Waals surface area (Å²) in [4.78, 5) is 12.2. The minimum absolute atomic E-state index is 0.326. The largest absolute Gasteiger partial charge is 0.423 e. The maximum absolute atomic E-state index is 12.2. The molecule has 3 aromatic carbocycles. The Morgan fingerprint density at radius 3 is 2.33 bits per heavy atom. The Hall–Kier alpha value is -2.61. The molecule has 0 atom stereocenters. The minimum Gasteiger partial charge on any atom is -0.423 e. The fourth-order valence-electron chi connectivity index (χ4n) is 2.27. The first-order valence-corrected chi connectivity index (χ1v) is 6.92. The molecule has 0 saturated heterocycles. The van der Waals surface area contributed by atoms with Crippen LogP contribution < -0.4 is 4.74 Å². The molecule has 0 heterocycles. The summed E-state index contributed by atoms with van der Waals surface area (Å²) < 4.78 is 5.46. The summed E-state index contributed by atoms with van der Waals surface area (Å²) in [6.07, 6.45) is 0. The molecule has 0 unspecified atom stereocenters. The van der Waals surface area contributed by atoms with Crippen molar-refractivity contribution in [3.63, 3.8) is 0 Å². The summed E-state index contributed by atoms with van der Waals surface area (Å²) in [5, 5.41) is 2.19.